The molecule has 0 saturated carbocycles. The number of hydrogen-bond donors (Lipinski definition) is 0. The van der Waals surface area contributed by atoms with Crippen LogP contribution in [0.5, 0.6) is 0 Å². The molecule has 1 aliphatic rings. The van der Waals surface area contributed by atoms with E-state index >= 15 is 0 Å². The zero-order valence-electron chi connectivity index (χ0n) is 14.8. The van der Waals surface area contributed by atoms with Gasteiger partial charge in [0.05, 0.1) is 5.56 Å². The number of nitrogens with zero attached hydrogens (tertiary/aromatic N) is 1. The maximum Gasteiger partial charge on any atom is 0.416 e. The molecule has 0 unspecified atom stereocenters. The number of carbonyl (C=O) groups excluding carboxylic acids is 1. The molecule has 7 heteroatoms. The first-order valence-corrected chi connectivity index (χ1v) is 9.06. The third kappa shape index (κ3) is 4.90. The topological polar surface area (TPSA) is 29.5 Å². The third-order valence-corrected chi connectivity index (χ3v) is 5.03. The molecule has 1 saturated heterocycles. The van der Waals surface area contributed by atoms with Gasteiger partial charge in [0, 0.05) is 23.5 Å². The van der Waals surface area contributed by atoms with Crippen LogP contribution in [0.15, 0.2) is 22.7 Å². The van der Waals surface area contributed by atoms with Crippen LogP contribution in [-0.2, 0) is 10.9 Å². The van der Waals surface area contributed by atoms with Crippen molar-refractivity contribution in [2.45, 2.75) is 51.8 Å². The summed E-state index contributed by atoms with van der Waals surface area (Å²) in [7, 11) is 0. The predicted molar refractivity (Wildman–Crippen MR) is 93.5 cm³/mol. The molecule has 0 aliphatic carbocycles. The van der Waals surface area contributed by atoms with Crippen LogP contribution in [0, 0.1) is 5.92 Å². The Labute approximate surface area is 154 Å². The Balaban J connectivity index is 2.22. The molecule has 1 aromatic carbocycles. The minimum absolute atomic E-state index is 0.0193. The SMILES string of the molecule is CC[C@H]1CN(C(=O)OC(C)(C)C)C[C@@H]1c1ccc(C(F)(F)F)cc1Br. The summed E-state index contributed by atoms with van der Waals surface area (Å²) in [5.74, 6) is 0.162. The fourth-order valence-electron chi connectivity index (χ4n) is 3.12. The second-order valence-electron chi connectivity index (χ2n) is 7.39. The van der Waals surface area contributed by atoms with Crippen molar-refractivity contribution in [1.82, 2.24) is 4.90 Å². The zero-order valence-corrected chi connectivity index (χ0v) is 16.4. The Morgan fingerprint density at radius 1 is 1.28 bits per heavy atom. The number of rotatable bonds is 2. The molecule has 0 spiro atoms. The van der Waals surface area contributed by atoms with E-state index in [9.17, 15) is 18.0 Å². The Bertz CT molecular complexity index is 640. The number of alkyl halides is 3. The largest absolute Gasteiger partial charge is 0.444 e. The number of benzene rings is 1. The van der Waals surface area contributed by atoms with Crippen LogP contribution in [0.2, 0.25) is 0 Å². The molecule has 2 rings (SSSR count). The molecule has 2 atom stereocenters. The molecule has 1 aromatic rings. The standard InChI is InChI=1S/C18H23BrF3NO2/c1-5-11-9-23(16(24)25-17(2,3)4)10-14(11)13-7-6-12(8-15(13)19)18(20,21)22/h6-8,11,14H,5,9-10H2,1-4H3/t11-,14-/m0/s1. The van der Waals surface area contributed by atoms with Gasteiger partial charge in [0.1, 0.15) is 5.60 Å². The highest BCUT2D eigenvalue weighted by Gasteiger charge is 2.38. The van der Waals surface area contributed by atoms with Crippen molar-refractivity contribution in [3.8, 4) is 0 Å². The third-order valence-electron chi connectivity index (χ3n) is 4.34. The quantitative estimate of drug-likeness (QED) is 0.601. The molecule has 3 nitrogen and oxygen atoms in total. The van der Waals surface area contributed by atoms with Gasteiger partial charge in [0.25, 0.3) is 0 Å². The Hall–Kier alpha value is -1.24. The Morgan fingerprint density at radius 3 is 2.40 bits per heavy atom. The van der Waals surface area contributed by atoms with Crippen molar-refractivity contribution in [3.05, 3.63) is 33.8 Å². The summed E-state index contributed by atoms with van der Waals surface area (Å²) in [5.41, 5.74) is -0.463. The molecule has 0 aromatic heterocycles. The van der Waals surface area contributed by atoms with Crippen LogP contribution in [0.4, 0.5) is 18.0 Å². The molecular weight excluding hydrogens is 399 g/mol. The summed E-state index contributed by atoms with van der Waals surface area (Å²) in [6.45, 7) is 8.43. The molecule has 1 amide bonds. The lowest BCUT2D eigenvalue weighted by molar-refractivity contribution is -0.137. The molecule has 0 bridgehead atoms. The number of ether oxygens (including phenoxy) is 1. The Kier molecular flexibility index (Phi) is 5.76. The van der Waals surface area contributed by atoms with E-state index in [-0.39, 0.29) is 17.9 Å². The number of amides is 1. The molecule has 0 radical (unpaired) electrons. The fraction of sp³-hybridized carbons (Fsp3) is 0.611. The molecule has 1 aliphatic heterocycles. The van der Waals surface area contributed by atoms with Crippen molar-refractivity contribution in [2.24, 2.45) is 5.92 Å². The van der Waals surface area contributed by atoms with Gasteiger partial charge < -0.3 is 9.64 Å². The van der Waals surface area contributed by atoms with E-state index in [1.807, 2.05) is 27.7 Å². The highest BCUT2D eigenvalue weighted by Crippen LogP contribution is 2.40. The van der Waals surface area contributed by atoms with E-state index < -0.39 is 17.3 Å². The van der Waals surface area contributed by atoms with Crippen LogP contribution in [0.25, 0.3) is 0 Å². The van der Waals surface area contributed by atoms with Gasteiger partial charge in [0.2, 0.25) is 0 Å². The Morgan fingerprint density at radius 2 is 1.92 bits per heavy atom. The van der Waals surface area contributed by atoms with Gasteiger partial charge in [-0.05, 0) is 44.4 Å². The normalized spacial score (nSPS) is 21.5. The summed E-state index contributed by atoms with van der Waals surface area (Å²) in [4.78, 5) is 14.0. The van der Waals surface area contributed by atoms with Gasteiger partial charge >= 0.3 is 12.3 Å². The zero-order chi connectivity index (χ0) is 19.0. The second-order valence-corrected chi connectivity index (χ2v) is 8.25. The highest BCUT2D eigenvalue weighted by atomic mass is 79.9. The highest BCUT2D eigenvalue weighted by molar-refractivity contribution is 9.10. The number of hydrogen-bond acceptors (Lipinski definition) is 2. The predicted octanol–water partition coefficient (Wildman–Crippen LogP) is 5.83. The smallest absolute Gasteiger partial charge is 0.416 e. The summed E-state index contributed by atoms with van der Waals surface area (Å²) >= 11 is 3.28. The first kappa shape index (κ1) is 20.1. The molecule has 0 N–H and O–H groups in total. The van der Waals surface area contributed by atoms with E-state index in [0.29, 0.717) is 17.6 Å². The van der Waals surface area contributed by atoms with Crippen LogP contribution in [0.1, 0.15) is 51.2 Å². The van der Waals surface area contributed by atoms with Crippen LogP contribution >= 0.6 is 15.9 Å². The van der Waals surface area contributed by atoms with Crippen molar-refractivity contribution in [3.63, 3.8) is 0 Å². The second kappa shape index (κ2) is 7.17. The molecular formula is C18H23BrF3NO2. The van der Waals surface area contributed by atoms with E-state index in [4.69, 9.17) is 4.74 Å². The van der Waals surface area contributed by atoms with E-state index in [2.05, 4.69) is 15.9 Å². The number of likely N-dealkylation sites (tertiary alicyclic amines) is 1. The minimum atomic E-state index is -4.37. The fourth-order valence-corrected chi connectivity index (χ4v) is 3.79. The van der Waals surface area contributed by atoms with Crippen molar-refractivity contribution in [2.75, 3.05) is 13.1 Å². The van der Waals surface area contributed by atoms with Gasteiger partial charge in [-0.25, -0.2) is 4.79 Å². The first-order valence-electron chi connectivity index (χ1n) is 8.27. The van der Waals surface area contributed by atoms with E-state index in [1.165, 1.54) is 6.07 Å². The molecule has 1 heterocycles. The first-order chi connectivity index (χ1) is 11.4. The van der Waals surface area contributed by atoms with Gasteiger partial charge in [-0.3, -0.25) is 0 Å². The van der Waals surface area contributed by atoms with Crippen molar-refractivity contribution in [1.29, 1.82) is 0 Å². The molecule has 25 heavy (non-hydrogen) atoms. The lowest BCUT2D eigenvalue weighted by atomic mass is 9.87. The van der Waals surface area contributed by atoms with Gasteiger partial charge in [-0.15, -0.1) is 0 Å². The van der Waals surface area contributed by atoms with Gasteiger partial charge in [-0.1, -0.05) is 35.3 Å². The van der Waals surface area contributed by atoms with Crippen LogP contribution in [-0.4, -0.2) is 29.7 Å². The summed E-state index contributed by atoms with van der Waals surface area (Å²) in [5, 5.41) is 0. The summed E-state index contributed by atoms with van der Waals surface area (Å²) < 4.78 is 44.4. The monoisotopic (exact) mass is 421 g/mol. The van der Waals surface area contributed by atoms with Crippen LogP contribution in [0.3, 0.4) is 0 Å². The summed E-state index contributed by atoms with van der Waals surface area (Å²) in [6, 6.07) is 3.72. The molecule has 140 valence electrons. The van der Waals surface area contributed by atoms with Crippen molar-refractivity contribution < 1.29 is 22.7 Å². The van der Waals surface area contributed by atoms with E-state index in [0.717, 1.165) is 24.1 Å². The van der Waals surface area contributed by atoms with E-state index in [1.54, 1.807) is 4.90 Å². The number of halogens is 4. The molecule has 1 fully saturated rings. The maximum absolute atomic E-state index is 12.9. The maximum atomic E-state index is 12.9. The van der Waals surface area contributed by atoms with Gasteiger partial charge in [-0.2, -0.15) is 13.2 Å². The minimum Gasteiger partial charge on any atom is -0.444 e. The van der Waals surface area contributed by atoms with Crippen molar-refractivity contribution >= 4 is 22.0 Å². The number of carbonyl (C=O) groups is 1. The lowest BCUT2D eigenvalue weighted by Gasteiger charge is -2.24. The van der Waals surface area contributed by atoms with Crippen LogP contribution < -0.4 is 0 Å². The average Bonchev–Trinajstić information content (AvgIpc) is 2.88. The lowest BCUT2D eigenvalue weighted by Crippen LogP contribution is -2.35. The average molecular weight is 422 g/mol. The van der Waals surface area contributed by atoms with Gasteiger partial charge in [0.15, 0.2) is 0 Å². The summed E-state index contributed by atoms with van der Waals surface area (Å²) in [6.07, 6.45) is -3.92.